The molecule has 2 aromatic carbocycles. The van der Waals surface area contributed by atoms with Gasteiger partial charge in [-0.1, -0.05) is 30.7 Å². The lowest BCUT2D eigenvalue weighted by Gasteiger charge is -2.10. The number of hydrogen-bond donors (Lipinski definition) is 1. The Labute approximate surface area is 133 Å². The zero-order valence-electron chi connectivity index (χ0n) is 11.3. The summed E-state index contributed by atoms with van der Waals surface area (Å²) < 4.78 is 6.76. The third kappa shape index (κ3) is 4.51. The summed E-state index contributed by atoms with van der Waals surface area (Å²) in [4.78, 5) is 0. The van der Waals surface area contributed by atoms with E-state index < -0.39 is 0 Å². The highest BCUT2D eigenvalue weighted by Crippen LogP contribution is 2.31. The minimum atomic E-state index is 0.666. The summed E-state index contributed by atoms with van der Waals surface area (Å²) in [7, 11) is 0. The van der Waals surface area contributed by atoms with Crippen LogP contribution in [0.1, 0.15) is 18.9 Å². The highest BCUT2D eigenvalue weighted by atomic mass is 79.9. The van der Waals surface area contributed by atoms with Gasteiger partial charge in [-0.25, -0.2) is 0 Å². The molecule has 0 fully saturated rings. The molecule has 4 heteroatoms. The smallest absolute Gasteiger partial charge is 0.141 e. The molecule has 0 aliphatic carbocycles. The minimum absolute atomic E-state index is 0.666. The van der Waals surface area contributed by atoms with Crippen molar-refractivity contribution in [3.05, 3.63) is 57.5 Å². The van der Waals surface area contributed by atoms with E-state index in [1.54, 1.807) is 6.07 Å². The quantitative estimate of drug-likeness (QED) is 0.702. The first kappa shape index (κ1) is 15.4. The molecule has 2 nitrogen and oxygen atoms in total. The molecule has 0 saturated carbocycles. The first-order chi connectivity index (χ1) is 9.69. The molecule has 0 heterocycles. The summed E-state index contributed by atoms with van der Waals surface area (Å²) in [6.07, 6.45) is 1.14. The molecule has 0 saturated heterocycles. The first-order valence-corrected chi connectivity index (χ1v) is 7.78. The summed E-state index contributed by atoms with van der Waals surface area (Å²) >= 11 is 9.49. The van der Waals surface area contributed by atoms with E-state index in [9.17, 15) is 0 Å². The van der Waals surface area contributed by atoms with Gasteiger partial charge < -0.3 is 10.1 Å². The molecule has 0 unspecified atom stereocenters. The number of halogens is 2. The Hall–Kier alpha value is -1.03. The lowest BCUT2D eigenvalue weighted by Crippen LogP contribution is -2.13. The van der Waals surface area contributed by atoms with E-state index in [1.165, 1.54) is 5.56 Å². The van der Waals surface area contributed by atoms with Crippen LogP contribution in [0.25, 0.3) is 0 Å². The summed E-state index contributed by atoms with van der Waals surface area (Å²) in [6.45, 7) is 4.05. The van der Waals surface area contributed by atoms with Crippen molar-refractivity contribution in [2.75, 3.05) is 6.54 Å². The average molecular weight is 355 g/mol. The SMILES string of the molecule is CCCNCc1ccc(Oc2cccc(Cl)c2)c(Br)c1. The number of nitrogens with one attached hydrogen (secondary N) is 1. The monoisotopic (exact) mass is 353 g/mol. The Balaban J connectivity index is 2.06. The fraction of sp³-hybridized carbons (Fsp3) is 0.250. The molecule has 2 rings (SSSR count). The van der Waals surface area contributed by atoms with Crippen LogP contribution >= 0.6 is 27.5 Å². The zero-order chi connectivity index (χ0) is 14.4. The van der Waals surface area contributed by atoms with Gasteiger partial charge in [0, 0.05) is 11.6 Å². The topological polar surface area (TPSA) is 21.3 Å². The molecule has 106 valence electrons. The third-order valence-electron chi connectivity index (χ3n) is 2.78. The van der Waals surface area contributed by atoms with E-state index in [4.69, 9.17) is 16.3 Å². The molecule has 0 aliphatic heterocycles. The van der Waals surface area contributed by atoms with Crippen LogP contribution in [0, 0.1) is 0 Å². The molecule has 0 aromatic heterocycles. The van der Waals surface area contributed by atoms with Crippen molar-refractivity contribution in [1.29, 1.82) is 0 Å². The summed E-state index contributed by atoms with van der Waals surface area (Å²) in [5.41, 5.74) is 1.23. The van der Waals surface area contributed by atoms with Crippen LogP contribution in [0.15, 0.2) is 46.9 Å². The second kappa shape index (κ2) is 7.67. The van der Waals surface area contributed by atoms with Crippen molar-refractivity contribution in [1.82, 2.24) is 5.32 Å². The molecule has 0 radical (unpaired) electrons. The van der Waals surface area contributed by atoms with Crippen LogP contribution in [0.2, 0.25) is 5.02 Å². The molecule has 0 atom stereocenters. The zero-order valence-corrected chi connectivity index (χ0v) is 13.7. The maximum absolute atomic E-state index is 5.95. The third-order valence-corrected chi connectivity index (χ3v) is 3.63. The van der Waals surface area contributed by atoms with E-state index in [2.05, 4.69) is 40.3 Å². The Kier molecular flexibility index (Phi) is 5.89. The Morgan fingerprint density at radius 3 is 2.75 bits per heavy atom. The minimum Gasteiger partial charge on any atom is -0.456 e. The lowest BCUT2D eigenvalue weighted by atomic mass is 10.2. The second-order valence-electron chi connectivity index (χ2n) is 4.50. The second-order valence-corrected chi connectivity index (χ2v) is 5.79. The van der Waals surface area contributed by atoms with Gasteiger partial charge in [0.1, 0.15) is 11.5 Å². The van der Waals surface area contributed by atoms with Gasteiger partial charge in [0.25, 0.3) is 0 Å². The van der Waals surface area contributed by atoms with Crippen LogP contribution < -0.4 is 10.1 Å². The molecular formula is C16H17BrClNO. The van der Waals surface area contributed by atoms with Gasteiger partial charge in [0.05, 0.1) is 4.47 Å². The maximum Gasteiger partial charge on any atom is 0.141 e. The van der Waals surface area contributed by atoms with Gasteiger partial charge in [-0.15, -0.1) is 0 Å². The van der Waals surface area contributed by atoms with Gasteiger partial charge in [-0.3, -0.25) is 0 Å². The van der Waals surface area contributed by atoms with E-state index in [-0.39, 0.29) is 0 Å². The largest absolute Gasteiger partial charge is 0.456 e. The van der Waals surface area contributed by atoms with Gasteiger partial charge >= 0.3 is 0 Å². The number of rotatable bonds is 6. The van der Waals surface area contributed by atoms with Crippen LogP contribution in [0.5, 0.6) is 11.5 Å². The summed E-state index contributed by atoms with van der Waals surface area (Å²) in [5, 5.41) is 4.04. The molecule has 1 N–H and O–H groups in total. The van der Waals surface area contributed by atoms with E-state index >= 15 is 0 Å². The number of benzene rings is 2. The fourth-order valence-electron chi connectivity index (χ4n) is 1.80. The van der Waals surface area contributed by atoms with Gasteiger partial charge in [-0.2, -0.15) is 0 Å². The van der Waals surface area contributed by atoms with Gasteiger partial charge in [-0.05, 0) is 64.8 Å². The fourth-order valence-corrected chi connectivity index (χ4v) is 2.49. The average Bonchev–Trinajstić information content (AvgIpc) is 2.42. The molecule has 2 aromatic rings. The van der Waals surface area contributed by atoms with Crippen molar-refractivity contribution in [2.45, 2.75) is 19.9 Å². The predicted molar refractivity (Wildman–Crippen MR) is 87.7 cm³/mol. The maximum atomic E-state index is 5.95. The number of hydrogen-bond acceptors (Lipinski definition) is 2. The number of ether oxygens (including phenoxy) is 1. The highest BCUT2D eigenvalue weighted by molar-refractivity contribution is 9.10. The van der Waals surface area contributed by atoms with E-state index in [1.807, 2.05) is 24.3 Å². The first-order valence-electron chi connectivity index (χ1n) is 6.61. The van der Waals surface area contributed by atoms with Crippen LogP contribution in [-0.4, -0.2) is 6.54 Å². The molecule has 0 aliphatic rings. The molecule has 0 spiro atoms. The van der Waals surface area contributed by atoms with Crippen LogP contribution in [-0.2, 0) is 6.54 Å². The van der Waals surface area contributed by atoms with Crippen molar-refractivity contribution in [2.24, 2.45) is 0 Å². The molecule has 0 amide bonds. The van der Waals surface area contributed by atoms with Crippen molar-refractivity contribution in [3.8, 4) is 11.5 Å². The van der Waals surface area contributed by atoms with Crippen molar-refractivity contribution in [3.63, 3.8) is 0 Å². The van der Waals surface area contributed by atoms with Gasteiger partial charge in [0.2, 0.25) is 0 Å². The van der Waals surface area contributed by atoms with E-state index in [0.717, 1.165) is 35.5 Å². The van der Waals surface area contributed by atoms with Crippen molar-refractivity contribution >= 4 is 27.5 Å². The summed E-state index contributed by atoms with van der Waals surface area (Å²) in [6, 6.07) is 13.5. The Bertz CT molecular complexity index is 574. The van der Waals surface area contributed by atoms with Crippen LogP contribution in [0.4, 0.5) is 0 Å². The lowest BCUT2D eigenvalue weighted by molar-refractivity contribution is 0.479. The van der Waals surface area contributed by atoms with Crippen molar-refractivity contribution < 1.29 is 4.74 Å². The predicted octanol–water partition coefficient (Wildman–Crippen LogP) is 5.39. The highest BCUT2D eigenvalue weighted by Gasteiger charge is 2.04. The van der Waals surface area contributed by atoms with Crippen LogP contribution in [0.3, 0.4) is 0 Å². The summed E-state index contributed by atoms with van der Waals surface area (Å²) in [5.74, 6) is 1.52. The Morgan fingerprint density at radius 2 is 2.05 bits per heavy atom. The normalized spacial score (nSPS) is 10.6. The molecule has 0 bridgehead atoms. The van der Waals surface area contributed by atoms with E-state index in [0.29, 0.717) is 5.02 Å². The standard InChI is InChI=1S/C16H17BrClNO/c1-2-8-19-11-12-6-7-16(15(17)9-12)20-14-5-3-4-13(18)10-14/h3-7,9-10,19H,2,8,11H2,1H3. The Morgan fingerprint density at radius 1 is 1.20 bits per heavy atom. The van der Waals surface area contributed by atoms with Gasteiger partial charge in [0.15, 0.2) is 0 Å². The molecular weight excluding hydrogens is 338 g/mol. The molecule has 20 heavy (non-hydrogen) atoms.